The molecule has 0 fully saturated rings. The molecule has 0 saturated carbocycles. The van der Waals surface area contributed by atoms with Gasteiger partial charge in [-0.25, -0.2) is 9.10 Å². The molecule has 140 valence electrons. The number of carboxylic acids is 1. The Balaban J connectivity index is 1.83. The third kappa shape index (κ3) is 4.22. The molecule has 0 spiro atoms. The van der Waals surface area contributed by atoms with Crippen molar-refractivity contribution < 1.29 is 27.8 Å². The lowest BCUT2D eigenvalue weighted by Crippen LogP contribution is -2.36. The Morgan fingerprint density at radius 1 is 1.23 bits per heavy atom. The van der Waals surface area contributed by atoms with Crippen molar-refractivity contribution in [2.24, 2.45) is 0 Å². The average Bonchev–Trinajstić information content (AvgIpc) is 3.04. The summed E-state index contributed by atoms with van der Waals surface area (Å²) in [4.78, 5) is 10.8. The van der Waals surface area contributed by atoms with E-state index >= 15 is 0 Å². The number of carbonyl (C=O) groups is 1. The number of alkyl halides is 3. The maximum Gasteiger partial charge on any atom is 0.417 e. The van der Waals surface area contributed by atoms with Gasteiger partial charge in [-0.15, -0.1) is 0 Å². The monoisotopic (exact) mass is 386 g/mol. The topological polar surface area (TPSA) is 54.7 Å². The number of halogens is 3. The highest BCUT2D eigenvalue weighted by molar-refractivity contribution is 7.97. The summed E-state index contributed by atoms with van der Waals surface area (Å²) in [5, 5.41) is 8.75. The van der Waals surface area contributed by atoms with Crippen molar-refractivity contribution in [1.82, 2.24) is 8.87 Å². The van der Waals surface area contributed by atoms with E-state index in [9.17, 15) is 18.0 Å². The molecule has 1 aliphatic heterocycles. The van der Waals surface area contributed by atoms with Crippen molar-refractivity contribution in [3.8, 4) is 0 Å². The van der Waals surface area contributed by atoms with Crippen LogP contribution in [0.2, 0.25) is 0 Å². The fourth-order valence-electron chi connectivity index (χ4n) is 2.89. The fourth-order valence-corrected chi connectivity index (χ4v) is 4.03. The predicted octanol–water partition coefficient (Wildman–Crippen LogP) is 3.67. The van der Waals surface area contributed by atoms with Gasteiger partial charge in [0.15, 0.2) is 0 Å². The zero-order valence-electron chi connectivity index (χ0n) is 13.6. The molecule has 26 heavy (non-hydrogen) atoms. The van der Waals surface area contributed by atoms with Crippen LogP contribution in [0.15, 0.2) is 47.5 Å². The smallest absolute Gasteiger partial charge is 0.417 e. The summed E-state index contributed by atoms with van der Waals surface area (Å²) in [6.45, 7) is 0.783. The number of aliphatic carboxylic acids is 1. The Bertz CT molecular complexity index is 779. The summed E-state index contributed by atoms with van der Waals surface area (Å²) in [7, 11) is 0. The van der Waals surface area contributed by atoms with Crippen molar-refractivity contribution in [3.63, 3.8) is 0 Å². The Kier molecular flexibility index (Phi) is 5.59. The summed E-state index contributed by atoms with van der Waals surface area (Å²) in [6.07, 6.45) is -2.54. The van der Waals surface area contributed by atoms with Gasteiger partial charge < -0.3 is 14.4 Å². The van der Waals surface area contributed by atoms with Crippen molar-refractivity contribution in [1.29, 1.82) is 0 Å². The highest BCUT2D eigenvalue weighted by Gasteiger charge is 2.35. The minimum Gasteiger partial charge on any atom is -0.480 e. The van der Waals surface area contributed by atoms with E-state index < -0.39 is 24.3 Å². The minimum absolute atomic E-state index is 0.0809. The lowest BCUT2D eigenvalue weighted by atomic mass is 10.2. The standard InChI is InChI=1S/C17H17F3N2O3S/c18-17(19,20)12-4-1-2-6-15(12)26-22-9-8-21-7-3-5-13(21)14(22)10-25-11-16(23)24/h1-7,14H,8-11H2,(H,23,24). The zero-order chi connectivity index (χ0) is 18.7. The van der Waals surface area contributed by atoms with Gasteiger partial charge in [0, 0.05) is 29.9 Å². The van der Waals surface area contributed by atoms with Crippen molar-refractivity contribution in [2.45, 2.75) is 23.7 Å². The number of aromatic nitrogens is 1. The third-order valence-corrected chi connectivity index (χ3v) is 5.25. The molecule has 2 heterocycles. The molecule has 0 saturated heterocycles. The van der Waals surface area contributed by atoms with Crippen LogP contribution in [0.1, 0.15) is 17.3 Å². The first kappa shape index (κ1) is 18.8. The number of nitrogens with zero attached hydrogens (tertiary/aromatic N) is 2. The highest BCUT2D eigenvalue weighted by atomic mass is 32.2. The lowest BCUT2D eigenvalue weighted by molar-refractivity contribution is -0.143. The van der Waals surface area contributed by atoms with Crippen molar-refractivity contribution in [2.75, 3.05) is 19.8 Å². The van der Waals surface area contributed by atoms with Crippen LogP contribution in [-0.2, 0) is 22.3 Å². The molecule has 9 heteroatoms. The Morgan fingerprint density at radius 3 is 2.73 bits per heavy atom. The molecule has 0 bridgehead atoms. The summed E-state index contributed by atoms with van der Waals surface area (Å²) >= 11 is 1.02. The maximum atomic E-state index is 13.3. The first-order valence-electron chi connectivity index (χ1n) is 7.91. The predicted molar refractivity (Wildman–Crippen MR) is 89.6 cm³/mol. The van der Waals surface area contributed by atoms with Crippen molar-refractivity contribution in [3.05, 3.63) is 53.9 Å². The molecular weight excluding hydrogens is 369 g/mol. The van der Waals surface area contributed by atoms with Crippen LogP contribution in [-0.4, -0.2) is 39.7 Å². The number of hydrogen-bond acceptors (Lipinski definition) is 4. The zero-order valence-corrected chi connectivity index (χ0v) is 14.5. The van der Waals surface area contributed by atoms with Crippen LogP contribution in [0.25, 0.3) is 0 Å². The summed E-state index contributed by atoms with van der Waals surface area (Å²) in [6, 6.07) is 8.82. The van der Waals surface area contributed by atoms with Gasteiger partial charge in [0.25, 0.3) is 0 Å². The first-order chi connectivity index (χ1) is 12.4. The maximum absolute atomic E-state index is 13.3. The molecule has 1 unspecified atom stereocenters. The second kappa shape index (κ2) is 7.73. The van der Waals surface area contributed by atoms with Crippen LogP contribution in [0.4, 0.5) is 13.2 Å². The van der Waals surface area contributed by atoms with Crippen LogP contribution in [0.5, 0.6) is 0 Å². The second-order valence-corrected chi connectivity index (χ2v) is 6.87. The number of benzene rings is 1. The quantitative estimate of drug-likeness (QED) is 0.768. The third-order valence-electron chi connectivity index (χ3n) is 4.02. The van der Waals surface area contributed by atoms with E-state index in [1.54, 1.807) is 6.07 Å². The molecule has 0 aliphatic carbocycles. The van der Waals surface area contributed by atoms with E-state index in [0.29, 0.717) is 13.1 Å². The molecule has 1 atom stereocenters. The van der Waals surface area contributed by atoms with Gasteiger partial charge in [0.2, 0.25) is 0 Å². The average molecular weight is 386 g/mol. The van der Waals surface area contributed by atoms with Gasteiger partial charge in [-0.1, -0.05) is 12.1 Å². The van der Waals surface area contributed by atoms with Crippen LogP contribution in [0, 0.1) is 0 Å². The van der Waals surface area contributed by atoms with Gasteiger partial charge >= 0.3 is 12.1 Å². The summed E-state index contributed by atoms with van der Waals surface area (Å²) in [5.41, 5.74) is 0.204. The molecule has 0 amide bonds. The van der Waals surface area contributed by atoms with Gasteiger partial charge in [-0.3, -0.25) is 0 Å². The number of hydrogen-bond donors (Lipinski definition) is 1. The number of carboxylic acid groups (broad SMARTS) is 1. The van der Waals surface area contributed by atoms with E-state index in [4.69, 9.17) is 9.84 Å². The van der Waals surface area contributed by atoms with E-state index in [1.807, 2.05) is 27.2 Å². The Labute approximate surface area is 152 Å². The number of ether oxygens (including phenoxy) is 1. The van der Waals surface area contributed by atoms with Gasteiger partial charge in [0.1, 0.15) is 6.61 Å². The van der Waals surface area contributed by atoms with Gasteiger partial charge in [0.05, 0.1) is 18.2 Å². The minimum atomic E-state index is -4.44. The Morgan fingerprint density at radius 2 is 2.00 bits per heavy atom. The molecule has 1 N–H and O–H groups in total. The highest BCUT2D eigenvalue weighted by Crippen LogP contribution is 2.41. The SMILES string of the molecule is O=C(O)COCC1c2cccn2CCN1Sc1ccccc1C(F)(F)F. The molecule has 2 aromatic rings. The Hall–Kier alpha value is -1.97. The summed E-state index contributed by atoms with van der Waals surface area (Å²) < 4.78 is 48.8. The molecule has 1 aromatic carbocycles. The van der Waals surface area contributed by atoms with Crippen LogP contribution < -0.4 is 0 Å². The summed E-state index contributed by atoms with van der Waals surface area (Å²) in [5.74, 6) is -1.09. The number of fused-ring (bicyclic) bond motifs is 1. The molecule has 5 nitrogen and oxygen atoms in total. The molecule has 1 aliphatic rings. The normalized spacial score (nSPS) is 17.9. The van der Waals surface area contributed by atoms with Gasteiger partial charge in [-0.05, 0) is 36.2 Å². The van der Waals surface area contributed by atoms with E-state index in [1.165, 1.54) is 12.1 Å². The molecule has 1 aromatic heterocycles. The second-order valence-electron chi connectivity index (χ2n) is 5.78. The molecular formula is C17H17F3N2O3S. The van der Waals surface area contributed by atoms with E-state index in [2.05, 4.69) is 0 Å². The van der Waals surface area contributed by atoms with E-state index in [-0.39, 0.29) is 17.5 Å². The molecule has 0 radical (unpaired) electrons. The van der Waals surface area contributed by atoms with Gasteiger partial charge in [-0.2, -0.15) is 13.2 Å². The number of rotatable bonds is 6. The van der Waals surface area contributed by atoms with Crippen molar-refractivity contribution >= 4 is 17.9 Å². The molecule has 3 rings (SSSR count). The fraction of sp³-hybridized carbons (Fsp3) is 0.353. The van der Waals surface area contributed by atoms with Crippen LogP contribution >= 0.6 is 11.9 Å². The van der Waals surface area contributed by atoms with E-state index in [0.717, 1.165) is 23.7 Å². The first-order valence-corrected chi connectivity index (χ1v) is 8.69. The lowest BCUT2D eigenvalue weighted by Gasteiger charge is -2.36. The largest absolute Gasteiger partial charge is 0.480 e. The van der Waals surface area contributed by atoms with Crippen LogP contribution in [0.3, 0.4) is 0 Å².